The van der Waals surface area contributed by atoms with E-state index < -0.39 is 12.0 Å². The second kappa shape index (κ2) is 6.40. The average molecular weight is 186 g/mol. The molecule has 0 heterocycles. The highest BCUT2D eigenvalue weighted by Crippen LogP contribution is 1.93. The minimum absolute atomic E-state index is 0.0130. The third kappa shape index (κ3) is 6.08. The smallest absolute Gasteiger partial charge is 0.325 e. The monoisotopic (exact) mass is 186 g/mol. The van der Waals surface area contributed by atoms with Crippen LogP contribution in [-0.2, 0) is 14.3 Å². The van der Waals surface area contributed by atoms with Gasteiger partial charge in [0.2, 0.25) is 0 Å². The number of nitriles is 1. The Labute approximate surface area is 77.4 Å². The van der Waals surface area contributed by atoms with Crippen molar-refractivity contribution >= 4 is 5.97 Å². The summed E-state index contributed by atoms with van der Waals surface area (Å²) in [6.45, 7) is 3.42. The lowest BCUT2D eigenvalue weighted by Gasteiger charge is -2.12. The van der Waals surface area contributed by atoms with Gasteiger partial charge in [0, 0.05) is 0 Å². The van der Waals surface area contributed by atoms with Gasteiger partial charge in [0.05, 0.1) is 18.8 Å². The number of carbonyl (C=O) groups is 1. The van der Waals surface area contributed by atoms with E-state index in [1.54, 1.807) is 19.9 Å². The maximum Gasteiger partial charge on any atom is 0.325 e. The molecular formula is C8H14N2O3. The number of esters is 1. The van der Waals surface area contributed by atoms with Crippen LogP contribution < -0.4 is 5.73 Å². The van der Waals surface area contributed by atoms with Gasteiger partial charge in [-0.1, -0.05) is 0 Å². The van der Waals surface area contributed by atoms with Gasteiger partial charge >= 0.3 is 5.97 Å². The molecule has 0 aromatic heterocycles. The first-order valence-electron chi connectivity index (χ1n) is 3.98. The number of hydrogen-bond donors (Lipinski definition) is 1. The molecule has 0 rings (SSSR count). The van der Waals surface area contributed by atoms with Crippen LogP contribution in [0.5, 0.6) is 0 Å². The SMILES string of the molecule is CC(C)OC(=O)C(N)COCC#N. The van der Waals surface area contributed by atoms with Crippen molar-refractivity contribution in [2.45, 2.75) is 26.0 Å². The van der Waals surface area contributed by atoms with E-state index in [4.69, 9.17) is 20.5 Å². The first-order valence-corrected chi connectivity index (χ1v) is 3.98. The predicted octanol–water partition coefficient (Wildman–Crippen LogP) is -0.195. The van der Waals surface area contributed by atoms with E-state index in [0.29, 0.717) is 0 Å². The maximum absolute atomic E-state index is 11.0. The Morgan fingerprint density at radius 2 is 2.23 bits per heavy atom. The number of carbonyl (C=O) groups excluding carboxylic acids is 1. The van der Waals surface area contributed by atoms with E-state index in [1.165, 1.54) is 0 Å². The van der Waals surface area contributed by atoms with Crippen molar-refractivity contribution in [1.82, 2.24) is 0 Å². The molecule has 0 amide bonds. The molecule has 2 N–H and O–H groups in total. The van der Waals surface area contributed by atoms with Crippen molar-refractivity contribution in [3.8, 4) is 6.07 Å². The Balaban J connectivity index is 3.64. The first kappa shape index (κ1) is 11.9. The second-order valence-corrected chi connectivity index (χ2v) is 2.77. The number of nitrogens with zero attached hydrogens (tertiary/aromatic N) is 1. The number of rotatable bonds is 5. The van der Waals surface area contributed by atoms with Crippen LogP contribution in [0.15, 0.2) is 0 Å². The second-order valence-electron chi connectivity index (χ2n) is 2.77. The summed E-state index contributed by atoms with van der Waals surface area (Å²) in [6.07, 6.45) is -0.186. The van der Waals surface area contributed by atoms with Crippen LogP contribution in [0.1, 0.15) is 13.8 Å². The molecule has 5 nitrogen and oxygen atoms in total. The van der Waals surface area contributed by atoms with Crippen LogP contribution >= 0.6 is 0 Å². The zero-order valence-corrected chi connectivity index (χ0v) is 7.82. The molecule has 0 aliphatic carbocycles. The van der Waals surface area contributed by atoms with Gasteiger partial charge in [-0.2, -0.15) is 5.26 Å². The molecule has 0 aromatic rings. The van der Waals surface area contributed by atoms with Crippen molar-refractivity contribution in [3.63, 3.8) is 0 Å². The highest BCUT2D eigenvalue weighted by Gasteiger charge is 2.15. The topological polar surface area (TPSA) is 85.3 Å². The average Bonchev–Trinajstić information content (AvgIpc) is 2.03. The summed E-state index contributed by atoms with van der Waals surface area (Å²) in [5.74, 6) is -0.507. The molecule has 0 aliphatic heterocycles. The molecule has 0 aromatic carbocycles. The Bertz CT molecular complexity index is 198. The van der Waals surface area contributed by atoms with E-state index in [9.17, 15) is 4.79 Å². The summed E-state index contributed by atoms with van der Waals surface area (Å²) in [6, 6.07) is 0.963. The number of hydrogen-bond acceptors (Lipinski definition) is 5. The molecule has 13 heavy (non-hydrogen) atoms. The van der Waals surface area contributed by atoms with Crippen molar-refractivity contribution in [3.05, 3.63) is 0 Å². The van der Waals surface area contributed by atoms with Crippen LogP contribution in [0.4, 0.5) is 0 Å². The summed E-state index contributed by atoms with van der Waals surface area (Å²) >= 11 is 0. The molecule has 0 fully saturated rings. The molecule has 1 unspecified atom stereocenters. The molecule has 0 bridgehead atoms. The fourth-order valence-electron chi connectivity index (χ4n) is 0.619. The fraction of sp³-hybridized carbons (Fsp3) is 0.750. The summed E-state index contributed by atoms with van der Waals surface area (Å²) in [5, 5.41) is 8.13. The molecule has 0 saturated heterocycles. The minimum atomic E-state index is -0.809. The highest BCUT2D eigenvalue weighted by atomic mass is 16.5. The molecule has 0 aliphatic rings. The van der Waals surface area contributed by atoms with Crippen molar-refractivity contribution in [2.75, 3.05) is 13.2 Å². The third-order valence-corrected chi connectivity index (χ3v) is 1.12. The Morgan fingerprint density at radius 1 is 1.62 bits per heavy atom. The lowest BCUT2D eigenvalue weighted by atomic mass is 10.3. The zero-order valence-electron chi connectivity index (χ0n) is 7.82. The van der Waals surface area contributed by atoms with Gasteiger partial charge in [0.1, 0.15) is 12.6 Å². The molecule has 0 spiro atoms. The van der Waals surface area contributed by atoms with Gasteiger partial charge in [0.15, 0.2) is 0 Å². The lowest BCUT2D eigenvalue weighted by molar-refractivity contribution is -0.150. The normalized spacial score (nSPS) is 12.2. The van der Waals surface area contributed by atoms with Crippen LogP contribution in [0.3, 0.4) is 0 Å². The Morgan fingerprint density at radius 3 is 2.69 bits per heavy atom. The minimum Gasteiger partial charge on any atom is -0.462 e. The van der Waals surface area contributed by atoms with Crippen LogP contribution in [0.25, 0.3) is 0 Å². The van der Waals surface area contributed by atoms with E-state index >= 15 is 0 Å². The summed E-state index contributed by atoms with van der Waals surface area (Å²) in [4.78, 5) is 11.0. The number of nitrogens with two attached hydrogens (primary N) is 1. The maximum atomic E-state index is 11.0. The summed E-state index contributed by atoms with van der Waals surface area (Å²) in [7, 11) is 0. The van der Waals surface area contributed by atoms with Crippen molar-refractivity contribution in [1.29, 1.82) is 5.26 Å². The van der Waals surface area contributed by atoms with Gasteiger partial charge in [-0.15, -0.1) is 0 Å². The van der Waals surface area contributed by atoms with Crippen LogP contribution in [0.2, 0.25) is 0 Å². The molecule has 74 valence electrons. The van der Waals surface area contributed by atoms with E-state index in [1.807, 2.05) is 0 Å². The number of ether oxygens (including phenoxy) is 2. The Kier molecular flexibility index (Phi) is 5.85. The molecule has 5 heteroatoms. The van der Waals surface area contributed by atoms with Gasteiger partial charge in [0.25, 0.3) is 0 Å². The van der Waals surface area contributed by atoms with Gasteiger partial charge < -0.3 is 15.2 Å². The molecular weight excluding hydrogens is 172 g/mol. The van der Waals surface area contributed by atoms with Gasteiger partial charge in [-0.3, -0.25) is 4.79 Å². The van der Waals surface area contributed by atoms with Crippen molar-refractivity contribution in [2.24, 2.45) is 5.73 Å². The van der Waals surface area contributed by atoms with Crippen molar-refractivity contribution < 1.29 is 14.3 Å². The van der Waals surface area contributed by atoms with Gasteiger partial charge in [-0.25, -0.2) is 0 Å². The summed E-state index contributed by atoms with van der Waals surface area (Å²) < 4.78 is 9.58. The highest BCUT2D eigenvalue weighted by molar-refractivity contribution is 5.75. The van der Waals surface area contributed by atoms with Crippen LogP contribution in [0, 0.1) is 11.3 Å². The van der Waals surface area contributed by atoms with Crippen LogP contribution in [-0.4, -0.2) is 31.3 Å². The lowest BCUT2D eigenvalue weighted by Crippen LogP contribution is -2.37. The first-order chi connectivity index (χ1) is 6.07. The molecule has 1 atom stereocenters. The van der Waals surface area contributed by atoms with E-state index in [0.717, 1.165) is 0 Å². The third-order valence-electron chi connectivity index (χ3n) is 1.12. The molecule has 0 radical (unpaired) electrons. The predicted molar refractivity (Wildman–Crippen MR) is 45.6 cm³/mol. The largest absolute Gasteiger partial charge is 0.462 e. The van der Waals surface area contributed by atoms with E-state index in [2.05, 4.69) is 0 Å². The zero-order chi connectivity index (χ0) is 10.3. The van der Waals surface area contributed by atoms with Gasteiger partial charge in [-0.05, 0) is 13.8 Å². The quantitative estimate of drug-likeness (QED) is 0.475. The summed E-state index contributed by atoms with van der Waals surface area (Å²) in [5.41, 5.74) is 5.40. The fourth-order valence-corrected chi connectivity index (χ4v) is 0.619. The standard InChI is InChI=1S/C8H14N2O3/c1-6(2)13-8(11)7(10)5-12-4-3-9/h6-7H,4-5,10H2,1-2H3. The molecule has 0 saturated carbocycles. The Hall–Kier alpha value is -1.12. The van der Waals surface area contributed by atoms with E-state index in [-0.39, 0.29) is 19.3 Å².